The average Bonchev–Trinajstić information content (AvgIpc) is 3.44. The smallest absolute Gasteiger partial charge is 0.264 e. The number of thiophene rings is 1. The highest BCUT2D eigenvalue weighted by Gasteiger charge is 2.36. The summed E-state index contributed by atoms with van der Waals surface area (Å²) in [6.45, 7) is 4.91. The SMILES string of the molecule is C[C@H]1CC[C@H](C)P1c1c(-p2oc3ccc4ccccc4c3c3c(ccc4ccccc43)o2)sc2ccccc12. The van der Waals surface area contributed by atoms with Crippen molar-refractivity contribution in [3.63, 3.8) is 0 Å². The van der Waals surface area contributed by atoms with E-state index in [1.165, 1.54) is 54.4 Å². The molecular weight excluding hydrogens is 534 g/mol. The molecule has 1 aliphatic rings. The van der Waals surface area contributed by atoms with Gasteiger partial charge in [-0.15, -0.1) is 11.3 Å². The van der Waals surface area contributed by atoms with E-state index in [2.05, 4.69) is 111 Å². The van der Waals surface area contributed by atoms with Gasteiger partial charge in [0.2, 0.25) is 0 Å². The van der Waals surface area contributed by atoms with Gasteiger partial charge >= 0.3 is 0 Å². The molecule has 0 radical (unpaired) electrons. The molecule has 0 unspecified atom stereocenters. The van der Waals surface area contributed by atoms with E-state index in [4.69, 9.17) is 8.39 Å². The van der Waals surface area contributed by atoms with Crippen LogP contribution < -0.4 is 5.30 Å². The Balaban J connectivity index is 1.55. The lowest BCUT2D eigenvalue weighted by Gasteiger charge is -2.22. The predicted molar refractivity (Wildman–Crippen MR) is 173 cm³/mol. The fourth-order valence-electron chi connectivity index (χ4n) is 6.48. The quantitative estimate of drug-likeness (QED) is 0.196. The summed E-state index contributed by atoms with van der Waals surface area (Å²) in [5.41, 5.74) is 3.25. The molecule has 8 rings (SSSR count). The maximum atomic E-state index is 7.05. The molecule has 0 spiro atoms. The monoisotopic (exact) mass is 562 g/mol. The first-order chi connectivity index (χ1) is 19.2. The van der Waals surface area contributed by atoms with E-state index in [9.17, 15) is 0 Å². The molecule has 2 atom stereocenters. The molecule has 192 valence electrons. The van der Waals surface area contributed by atoms with Crippen LogP contribution in [0.5, 0.6) is 0 Å². The van der Waals surface area contributed by atoms with Gasteiger partial charge in [-0.2, -0.15) is 0 Å². The summed E-state index contributed by atoms with van der Waals surface area (Å²) >= 11 is 1.88. The minimum absolute atomic E-state index is 0.304. The van der Waals surface area contributed by atoms with Crippen molar-refractivity contribution in [2.45, 2.75) is 38.0 Å². The first-order valence-corrected chi connectivity index (χ1v) is 17.1. The van der Waals surface area contributed by atoms with Gasteiger partial charge < -0.3 is 8.39 Å². The molecule has 5 aromatic carbocycles. The molecule has 0 saturated carbocycles. The van der Waals surface area contributed by atoms with Gasteiger partial charge in [-0.05, 0) is 63.9 Å². The van der Waals surface area contributed by atoms with Gasteiger partial charge in [0.05, 0.1) is 0 Å². The average molecular weight is 563 g/mol. The fourth-order valence-corrected chi connectivity index (χ4v) is 13.7. The highest BCUT2D eigenvalue weighted by atomic mass is 32.1. The van der Waals surface area contributed by atoms with E-state index < -0.39 is 8.01 Å². The molecule has 7 aromatic rings. The molecule has 0 bridgehead atoms. The summed E-state index contributed by atoms with van der Waals surface area (Å²) in [5, 5.41) is 10.0. The number of fused-ring (bicyclic) bond motifs is 8. The van der Waals surface area contributed by atoms with Crippen LogP contribution in [0.4, 0.5) is 0 Å². The molecule has 3 heterocycles. The van der Waals surface area contributed by atoms with E-state index >= 15 is 0 Å². The summed E-state index contributed by atoms with van der Waals surface area (Å²) < 4.78 is 16.7. The van der Waals surface area contributed by atoms with Gasteiger partial charge in [-0.1, -0.05) is 101 Å². The molecule has 1 saturated heterocycles. The maximum absolute atomic E-state index is 7.05. The molecule has 0 aliphatic carbocycles. The summed E-state index contributed by atoms with van der Waals surface area (Å²) in [6.07, 6.45) is 2.61. The lowest BCUT2D eigenvalue weighted by molar-refractivity contribution is 0.652. The zero-order valence-electron chi connectivity index (χ0n) is 21.9. The summed E-state index contributed by atoms with van der Waals surface area (Å²) in [7, 11) is -1.67. The fraction of sp³-hybridized carbons (Fsp3) is 0.176. The minimum Gasteiger partial charge on any atom is -0.415 e. The van der Waals surface area contributed by atoms with E-state index in [0.29, 0.717) is 11.3 Å². The van der Waals surface area contributed by atoms with Gasteiger partial charge in [0.15, 0.2) is 0 Å². The Morgan fingerprint density at radius 1 is 0.615 bits per heavy atom. The normalized spacial score (nSPS) is 18.2. The standard InChI is InChI=1S/C34H28O2P2S/c1-21-15-16-22(2)37(21)33-27-13-7-8-14-30(27)39-34(33)38-35-28-19-17-23-9-3-5-11-25(23)31(28)32-26-12-6-4-10-24(26)18-20-29(32)36-38/h3-14,17-22H,15-16H2,1-2H3/t21-,22-/m0/s1. The van der Waals surface area contributed by atoms with Crippen LogP contribution >= 0.6 is 27.3 Å². The van der Waals surface area contributed by atoms with E-state index in [0.717, 1.165) is 21.9 Å². The second kappa shape index (κ2) is 9.24. The molecule has 2 aromatic heterocycles. The third kappa shape index (κ3) is 3.71. The summed E-state index contributed by atoms with van der Waals surface area (Å²) in [5.74, 6) is 0. The van der Waals surface area contributed by atoms with Gasteiger partial charge in [0.1, 0.15) is 15.8 Å². The van der Waals surface area contributed by atoms with Crippen LogP contribution in [0.25, 0.3) is 58.2 Å². The Kier molecular flexibility index (Phi) is 5.63. The molecule has 2 nitrogen and oxygen atoms in total. The van der Waals surface area contributed by atoms with Crippen molar-refractivity contribution < 1.29 is 8.39 Å². The van der Waals surface area contributed by atoms with Crippen LogP contribution in [-0.4, -0.2) is 11.3 Å². The summed E-state index contributed by atoms with van der Waals surface area (Å²) in [6, 6.07) is 34.9. The molecular formula is C34H28O2P2S. The van der Waals surface area contributed by atoms with Crippen LogP contribution in [0.1, 0.15) is 26.7 Å². The van der Waals surface area contributed by atoms with Crippen LogP contribution in [0.2, 0.25) is 0 Å². The van der Waals surface area contributed by atoms with Gasteiger partial charge in [0, 0.05) is 26.2 Å². The molecule has 0 amide bonds. The van der Waals surface area contributed by atoms with Crippen molar-refractivity contribution in [1.29, 1.82) is 0 Å². The van der Waals surface area contributed by atoms with Crippen LogP contribution in [-0.2, 0) is 0 Å². The topological polar surface area (TPSA) is 26.3 Å². The van der Waals surface area contributed by atoms with Crippen molar-refractivity contribution in [1.82, 2.24) is 0 Å². The van der Waals surface area contributed by atoms with Crippen molar-refractivity contribution in [3.05, 3.63) is 97.1 Å². The zero-order chi connectivity index (χ0) is 26.1. The third-order valence-corrected chi connectivity index (χ3v) is 15.0. The molecule has 5 heteroatoms. The first kappa shape index (κ1) is 23.8. The molecule has 1 fully saturated rings. The Morgan fingerprint density at radius 3 is 1.72 bits per heavy atom. The lowest BCUT2D eigenvalue weighted by Crippen LogP contribution is -2.11. The van der Waals surface area contributed by atoms with Crippen molar-refractivity contribution in [3.8, 4) is 4.62 Å². The van der Waals surface area contributed by atoms with Crippen LogP contribution in [0.15, 0.2) is 105 Å². The van der Waals surface area contributed by atoms with Crippen molar-refractivity contribution >= 4 is 86.1 Å². The van der Waals surface area contributed by atoms with E-state index in [1.807, 2.05) is 11.3 Å². The van der Waals surface area contributed by atoms with Gasteiger partial charge in [-0.25, -0.2) is 0 Å². The van der Waals surface area contributed by atoms with Gasteiger partial charge in [0.25, 0.3) is 8.01 Å². The zero-order valence-corrected chi connectivity index (χ0v) is 24.5. The highest BCUT2D eigenvalue weighted by molar-refractivity contribution is 7.72. The second-order valence-electron chi connectivity index (χ2n) is 10.7. The molecule has 39 heavy (non-hydrogen) atoms. The number of hydrogen-bond donors (Lipinski definition) is 0. The Labute approximate surface area is 233 Å². The Bertz CT molecular complexity index is 1980. The van der Waals surface area contributed by atoms with Gasteiger partial charge in [-0.3, -0.25) is 0 Å². The van der Waals surface area contributed by atoms with E-state index in [1.54, 1.807) is 0 Å². The Morgan fingerprint density at radius 2 is 1.13 bits per heavy atom. The number of hydrogen-bond acceptors (Lipinski definition) is 3. The summed E-state index contributed by atoms with van der Waals surface area (Å²) in [4.78, 5) is 0. The maximum Gasteiger partial charge on any atom is 0.264 e. The highest BCUT2D eigenvalue weighted by Crippen LogP contribution is 2.61. The lowest BCUT2D eigenvalue weighted by atomic mass is 9.99. The molecule has 1 aliphatic heterocycles. The van der Waals surface area contributed by atoms with Crippen LogP contribution in [0.3, 0.4) is 0 Å². The number of rotatable bonds is 2. The largest absolute Gasteiger partial charge is 0.415 e. The van der Waals surface area contributed by atoms with E-state index in [-0.39, 0.29) is 7.92 Å². The number of benzene rings is 5. The van der Waals surface area contributed by atoms with Crippen LogP contribution in [0, 0.1) is 0 Å². The van der Waals surface area contributed by atoms with Crippen molar-refractivity contribution in [2.75, 3.05) is 0 Å². The predicted octanol–water partition coefficient (Wildman–Crippen LogP) is 11.5. The second-order valence-corrected chi connectivity index (χ2v) is 16.4. The molecule has 0 N–H and O–H groups in total. The Hall–Kier alpha value is -3.09. The minimum atomic E-state index is -1.36. The van der Waals surface area contributed by atoms with Crippen molar-refractivity contribution in [2.24, 2.45) is 0 Å². The third-order valence-electron chi connectivity index (χ3n) is 8.32. The first-order valence-electron chi connectivity index (χ1n) is 13.7.